The number of carbonyl (C=O) groups is 2. The fourth-order valence-electron chi connectivity index (χ4n) is 2.23. The highest BCUT2D eigenvalue weighted by Gasteiger charge is 2.27. The number of methoxy groups -OCH3 is 1. The van der Waals surface area contributed by atoms with Gasteiger partial charge in [0.25, 0.3) is 0 Å². The third-order valence-corrected chi connectivity index (χ3v) is 5.34. The number of hydrogen-bond acceptors (Lipinski definition) is 6. The number of sulfone groups is 1. The van der Waals surface area contributed by atoms with Gasteiger partial charge in [0.05, 0.1) is 17.8 Å². The number of hydrogen-bond donors (Lipinski definition) is 2. The van der Waals surface area contributed by atoms with Gasteiger partial charge in [-0.15, -0.1) is 0 Å². The largest absolute Gasteiger partial charge is 0.467 e. The number of benzene rings is 1. The van der Waals surface area contributed by atoms with Crippen molar-refractivity contribution in [3.8, 4) is 0 Å². The summed E-state index contributed by atoms with van der Waals surface area (Å²) in [7, 11) is -2.44. The Bertz CT molecular complexity index is 672. The summed E-state index contributed by atoms with van der Waals surface area (Å²) in [5.74, 6) is -1.72. The summed E-state index contributed by atoms with van der Waals surface area (Å²) in [5.41, 5.74) is 0. The molecule has 0 bridgehead atoms. The van der Waals surface area contributed by atoms with E-state index >= 15 is 0 Å². The molecule has 2 N–H and O–H groups in total. The molecule has 0 unspecified atom stereocenters. The lowest BCUT2D eigenvalue weighted by Crippen LogP contribution is -2.47. The van der Waals surface area contributed by atoms with E-state index in [9.17, 15) is 23.1 Å². The average Bonchev–Trinajstić information content (AvgIpc) is 2.57. The van der Waals surface area contributed by atoms with Gasteiger partial charge in [-0.1, -0.05) is 32.0 Å². The number of nitrogens with one attached hydrogen (secondary N) is 1. The molecule has 140 valence electrons. The van der Waals surface area contributed by atoms with E-state index in [4.69, 9.17) is 0 Å². The number of amides is 1. The number of aliphatic hydroxyl groups is 1. The molecule has 2 atom stereocenters. The Morgan fingerprint density at radius 3 is 2.32 bits per heavy atom. The van der Waals surface area contributed by atoms with Crippen molar-refractivity contribution in [3.05, 3.63) is 30.3 Å². The van der Waals surface area contributed by atoms with E-state index in [1.807, 2.05) is 13.8 Å². The first-order valence-electron chi connectivity index (χ1n) is 8.01. The molecule has 25 heavy (non-hydrogen) atoms. The van der Waals surface area contributed by atoms with Crippen LogP contribution in [0.2, 0.25) is 0 Å². The zero-order valence-electron chi connectivity index (χ0n) is 14.6. The Morgan fingerprint density at radius 1 is 1.20 bits per heavy atom. The van der Waals surface area contributed by atoms with Crippen molar-refractivity contribution in [2.45, 2.75) is 43.7 Å². The minimum absolute atomic E-state index is 0.0933. The first kappa shape index (κ1) is 21.1. The van der Waals surface area contributed by atoms with Crippen LogP contribution in [0.3, 0.4) is 0 Å². The minimum atomic E-state index is -3.59. The second kappa shape index (κ2) is 9.53. The summed E-state index contributed by atoms with van der Waals surface area (Å²) in [6, 6.07) is 6.70. The highest BCUT2D eigenvalue weighted by Crippen LogP contribution is 2.13. The van der Waals surface area contributed by atoms with E-state index < -0.39 is 33.9 Å². The lowest BCUT2D eigenvalue weighted by atomic mass is 10.1. The van der Waals surface area contributed by atoms with Gasteiger partial charge in [-0.3, -0.25) is 4.79 Å². The van der Waals surface area contributed by atoms with Crippen LogP contribution in [0.25, 0.3) is 0 Å². The SMILES string of the molecule is COC(=O)[C@@H](CCS(=O)(=O)c1ccccc1)NC(=O)[C@H](O)CC(C)C. The Balaban J connectivity index is 2.77. The Morgan fingerprint density at radius 2 is 1.80 bits per heavy atom. The Hall–Kier alpha value is -1.93. The first-order valence-corrected chi connectivity index (χ1v) is 9.66. The predicted molar refractivity (Wildman–Crippen MR) is 92.5 cm³/mol. The lowest BCUT2D eigenvalue weighted by molar-refractivity contribution is -0.146. The molecule has 0 radical (unpaired) electrons. The molecule has 0 saturated carbocycles. The van der Waals surface area contributed by atoms with Crippen molar-refractivity contribution in [2.24, 2.45) is 5.92 Å². The summed E-state index contributed by atoms with van der Waals surface area (Å²) in [4.78, 5) is 24.0. The molecule has 0 aromatic heterocycles. The maximum Gasteiger partial charge on any atom is 0.328 e. The van der Waals surface area contributed by atoms with E-state index in [0.717, 1.165) is 7.11 Å². The summed E-state index contributed by atoms with van der Waals surface area (Å²) in [6.45, 7) is 3.70. The van der Waals surface area contributed by atoms with Gasteiger partial charge < -0.3 is 15.2 Å². The molecule has 8 heteroatoms. The fraction of sp³-hybridized carbons (Fsp3) is 0.529. The standard InChI is InChI=1S/C17H25NO6S/c1-12(2)11-15(19)16(20)18-14(17(21)24-3)9-10-25(22,23)13-7-5-4-6-8-13/h4-8,12,14-15,19H,9-11H2,1-3H3,(H,18,20)/t14-,15-/m1/s1. The van der Waals surface area contributed by atoms with Crippen molar-refractivity contribution in [1.82, 2.24) is 5.32 Å². The van der Waals surface area contributed by atoms with Gasteiger partial charge in [0.1, 0.15) is 12.1 Å². The van der Waals surface area contributed by atoms with Crippen LogP contribution in [0.1, 0.15) is 26.7 Å². The monoisotopic (exact) mass is 371 g/mol. The van der Waals surface area contributed by atoms with Gasteiger partial charge in [-0.05, 0) is 30.9 Å². The molecular weight excluding hydrogens is 346 g/mol. The molecule has 0 spiro atoms. The van der Waals surface area contributed by atoms with Crippen LogP contribution in [0.5, 0.6) is 0 Å². The summed E-state index contributed by atoms with van der Waals surface area (Å²) in [5, 5.41) is 12.2. The molecule has 1 rings (SSSR count). The van der Waals surface area contributed by atoms with Crippen molar-refractivity contribution in [1.29, 1.82) is 0 Å². The Labute approximate surface area is 148 Å². The maximum absolute atomic E-state index is 12.3. The van der Waals surface area contributed by atoms with Crippen LogP contribution < -0.4 is 5.32 Å². The fourth-order valence-corrected chi connectivity index (χ4v) is 3.58. The van der Waals surface area contributed by atoms with Gasteiger partial charge >= 0.3 is 5.97 Å². The molecular formula is C17H25NO6S. The van der Waals surface area contributed by atoms with E-state index in [0.29, 0.717) is 0 Å². The van der Waals surface area contributed by atoms with E-state index in [1.54, 1.807) is 18.2 Å². The van der Waals surface area contributed by atoms with Gasteiger partial charge in [0.15, 0.2) is 9.84 Å². The molecule has 1 amide bonds. The molecule has 1 aromatic rings. The van der Waals surface area contributed by atoms with Crippen LogP contribution in [0.15, 0.2) is 35.2 Å². The van der Waals surface area contributed by atoms with Gasteiger partial charge in [0, 0.05) is 0 Å². The topological polar surface area (TPSA) is 110 Å². The highest BCUT2D eigenvalue weighted by atomic mass is 32.2. The first-order chi connectivity index (χ1) is 11.7. The van der Waals surface area contributed by atoms with E-state index in [2.05, 4.69) is 10.1 Å². The molecule has 1 aromatic carbocycles. The number of aliphatic hydroxyl groups excluding tert-OH is 1. The summed E-state index contributed by atoms with van der Waals surface area (Å²) < 4.78 is 29.2. The van der Waals surface area contributed by atoms with Crippen molar-refractivity contribution in [2.75, 3.05) is 12.9 Å². The quantitative estimate of drug-likeness (QED) is 0.625. The summed E-state index contributed by atoms with van der Waals surface area (Å²) in [6.07, 6.45) is -1.18. The normalized spacial score (nSPS) is 14.0. The molecule has 7 nitrogen and oxygen atoms in total. The van der Waals surface area contributed by atoms with E-state index in [1.165, 1.54) is 12.1 Å². The third-order valence-electron chi connectivity index (χ3n) is 3.58. The smallest absolute Gasteiger partial charge is 0.328 e. The van der Waals surface area contributed by atoms with Crippen LogP contribution in [0, 0.1) is 5.92 Å². The predicted octanol–water partition coefficient (Wildman–Crippen LogP) is 0.915. The molecule has 0 saturated heterocycles. The minimum Gasteiger partial charge on any atom is -0.467 e. The van der Waals surface area contributed by atoms with E-state index in [-0.39, 0.29) is 29.4 Å². The van der Waals surface area contributed by atoms with Gasteiger partial charge in [0.2, 0.25) is 5.91 Å². The highest BCUT2D eigenvalue weighted by molar-refractivity contribution is 7.91. The van der Waals surface area contributed by atoms with Gasteiger partial charge in [-0.2, -0.15) is 0 Å². The second-order valence-corrected chi connectivity index (χ2v) is 8.26. The van der Waals surface area contributed by atoms with Crippen molar-refractivity contribution < 1.29 is 27.9 Å². The zero-order valence-corrected chi connectivity index (χ0v) is 15.5. The summed E-state index contributed by atoms with van der Waals surface area (Å²) >= 11 is 0. The van der Waals surface area contributed by atoms with Crippen molar-refractivity contribution in [3.63, 3.8) is 0 Å². The Kier molecular flexibility index (Phi) is 8.05. The average molecular weight is 371 g/mol. The van der Waals surface area contributed by atoms with Crippen molar-refractivity contribution >= 4 is 21.7 Å². The van der Waals surface area contributed by atoms with Crippen LogP contribution in [-0.4, -0.2) is 50.4 Å². The molecule has 0 aliphatic heterocycles. The van der Waals surface area contributed by atoms with Gasteiger partial charge in [-0.25, -0.2) is 13.2 Å². The zero-order chi connectivity index (χ0) is 19.0. The third kappa shape index (κ3) is 6.83. The number of ether oxygens (including phenoxy) is 1. The number of carbonyl (C=O) groups excluding carboxylic acids is 2. The molecule has 0 fully saturated rings. The van der Waals surface area contributed by atoms with Crippen LogP contribution >= 0.6 is 0 Å². The number of esters is 1. The number of rotatable bonds is 9. The maximum atomic E-state index is 12.3. The van der Waals surface area contributed by atoms with Crippen LogP contribution in [-0.2, 0) is 24.2 Å². The molecule has 0 aliphatic carbocycles. The second-order valence-electron chi connectivity index (χ2n) is 6.15. The molecule has 0 heterocycles. The van der Waals surface area contributed by atoms with Crippen LogP contribution in [0.4, 0.5) is 0 Å². The lowest BCUT2D eigenvalue weighted by Gasteiger charge is -2.19. The molecule has 0 aliphatic rings.